The number of hydrogen-bond acceptors (Lipinski definition) is 8. The lowest BCUT2D eigenvalue weighted by atomic mass is 10.1. The predicted molar refractivity (Wildman–Crippen MR) is 76.2 cm³/mol. The third-order valence-electron chi connectivity index (χ3n) is 2.04. The first-order valence-electron chi connectivity index (χ1n) is 4.38. The summed E-state index contributed by atoms with van der Waals surface area (Å²) >= 11 is 0. The Bertz CT molecular complexity index is 413. The van der Waals surface area contributed by atoms with Gasteiger partial charge in [0.2, 0.25) is 0 Å². The molecule has 0 atom stereocenters. The molecule has 1 aromatic rings. The molecule has 0 saturated carbocycles. The molecule has 0 unspecified atom stereocenters. The maximum absolute atomic E-state index is 4.26. The molecule has 0 spiro atoms. The Morgan fingerprint density at radius 3 is 1.50 bits per heavy atom. The van der Waals surface area contributed by atoms with Crippen molar-refractivity contribution in [3.63, 3.8) is 0 Å². The van der Waals surface area contributed by atoms with E-state index in [-0.39, 0.29) is 0 Å². The van der Waals surface area contributed by atoms with Gasteiger partial charge in [0, 0.05) is 33.1 Å². The van der Waals surface area contributed by atoms with Crippen LogP contribution < -0.4 is 9.44 Å². The van der Waals surface area contributed by atoms with Crippen molar-refractivity contribution in [3.05, 3.63) is 35.4 Å². The summed E-state index contributed by atoms with van der Waals surface area (Å²) in [7, 11) is 5.97. The van der Waals surface area contributed by atoms with Crippen LogP contribution in [-0.4, -0.2) is 11.7 Å². The van der Waals surface area contributed by atoms with Crippen LogP contribution in [0, 0.1) is 0 Å². The number of nitrogens with one attached hydrogen (secondary N) is 2. The van der Waals surface area contributed by atoms with Crippen molar-refractivity contribution in [3.8, 4) is 0 Å². The molecule has 0 radical (unpaired) electrons. The van der Waals surface area contributed by atoms with Gasteiger partial charge in [-0.3, -0.25) is 0 Å². The van der Waals surface area contributed by atoms with Gasteiger partial charge in [-0.1, -0.05) is 24.3 Å². The van der Waals surface area contributed by atoms with E-state index in [9.17, 15) is 0 Å². The van der Waals surface area contributed by atoms with E-state index in [2.05, 4.69) is 18.2 Å². The lowest BCUT2D eigenvalue weighted by molar-refractivity contribution is 1.45. The van der Waals surface area contributed by atoms with E-state index in [1.54, 1.807) is 0 Å². The molecular formula is C8H6N4S4. The number of hydrogen-bond donors (Lipinski definition) is 2. The quantitative estimate of drug-likeness (QED) is 0.644. The molecule has 82 valence electrons. The Morgan fingerprint density at radius 2 is 1.19 bits per heavy atom. The van der Waals surface area contributed by atoms with Gasteiger partial charge in [0.1, 0.15) is 0 Å². The van der Waals surface area contributed by atoms with Gasteiger partial charge >= 0.3 is 0 Å². The third-order valence-corrected chi connectivity index (χ3v) is 4.65. The van der Waals surface area contributed by atoms with Crippen molar-refractivity contribution in [2.45, 2.75) is 0 Å². The van der Waals surface area contributed by atoms with Crippen LogP contribution in [-0.2, 0) is 0 Å². The van der Waals surface area contributed by atoms with E-state index in [1.807, 2.05) is 24.3 Å². The largest absolute Gasteiger partial charge is 0.303 e. The first-order chi connectivity index (χ1) is 7.93. The Labute approximate surface area is 109 Å². The van der Waals surface area contributed by atoms with Crippen LogP contribution in [0.5, 0.6) is 0 Å². The average molecular weight is 286 g/mol. The van der Waals surface area contributed by atoms with Crippen LogP contribution >= 0.6 is 43.9 Å². The molecule has 2 N–H and O–H groups in total. The zero-order valence-electron chi connectivity index (χ0n) is 7.84. The fraction of sp³-hybridized carbons (Fsp3) is 0. The summed E-state index contributed by atoms with van der Waals surface area (Å²) < 4.78 is 14.8. The minimum atomic E-state index is 0.923. The summed E-state index contributed by atoms with van der Waals surface area (Å²) in [6.07, 6.45) is 0. The van der Waals surface area contributed by atoms with Crippen molar-refractivity contribution in [2.24, 2.45) is 8.80 Å². The number of benzene rings is 1. The van der Waals surface area contributed by atoms with E-state index in [4.69, 9.17) is 0 Å². The summed E-state index contributed by atoms with van der Waals surface area (Å²) in [5.41, 5.74) is 2.19. The molecule has 2 heterocycles. The molecule has 0 bridgehead atoms. The van der Waals surface area contributed by atoms with Gasteiger partial charge in [0.05, 0.1) is 22.0 Å². The summed E-state index contributed by atoms with van der Waals surface area (Å²) in [5.74, 6) is 1.85. The molecule has 3 rings (SSSR count). The van der Waals surface area contributed by atoms with E-state index >= 15 is 0 Å². The van der Waals surface area contributed by atoms with Gasteiger partial charge in [-0.25, -0.2) is 0 Å². The third kappa shape index (κ3) is 2.15. The second kappa shape index (κ2) is 4.82. The molecule has 8 heteroatoms. The zero-order valence-corrected chi connectivity index (χ0v) is 11.1. The molecule has 16 heavy (non-hydrogen) atoms. The van der Waals surface area contributed by atoms with Crippen molar-refractivity contribution in [1.29, 1.82) is 0 Å². The van der Waals surface area contributed by atoms with Crippen molar-refractivity contribution < 1.29 is 0 Å². The van der Waals surface area contributed by atoms with Crippen molar-refractivity contribution in [2.75, 3.05) is 0 Å². The van der Waals surface area contributed by atoms with Gasteiger partial charge in [-0.2, -0.15) is 8.80 Å². The lowest BCUT2D eigenvalue weighted by Crippen LogP contribution is -2.14. The van der Waals surface area contributed by atoms with Crippen LogP contribution in [0.1, 0.15) is 11.1 Å². The van der Waals surface area contributed by atoms with Crippen molar-refractivity contribution in [1.82, 2.24) is 9.44 Å². The number of nitrogens with zero attached hydrogens (tertiary/aromatic N) is 2. The smallest absolute Gasteiger partial charge is 0.152 e. The summed E-state index contributed by atoms with van der Waals surface area (Å²) in [6, 6.07) is 8.19. The topological polar surface area (TPSA) is 48.8 Å². The minimum absolute atomic E-state index is 0.923. The Balaban J connectivity index is 1.84. The van der Waals surface area contributed by atoms with Gasteiger partial charge in [-0.05, 0) is 0 Å². The first-order valence-corrected chi connectivity index (χ1v) is 8.59. The average Bonchev–Trinajstić information content (AvgIpc) is 3.03. The molecule has 0 aromatic heterocycles. The lowest BCUT2D eigenvalue weighted by Gasteiger charge is -2.03. The van der Waals surface area contributed by atoms with E-state index in [1.165, 1.54) is 43.9 Å². The van der Waals surface area contributed by atoms with Crippen LogP contribution in [0.25, 0.3) is 0 Å². The predicted octanol–water partition coefficient (Wildman–Crippen LogP) is 2.81. The zero-order chi connectivity index (χ0) is 10.8. The second-order valence-electron chi connectivity index (χ2n) is 2.98. The molecule has 2 aliphatic rings. The molecule has 0 aliphatic carbocycles. The Morgan fingerprint density at radius 1 is 0.750 bits per heavy atom. The molecule has 0 saturated heterocycles. The maximum atomic E-state index is 4.26. The SMILES string of the molecule is c1cc(C2=NSSN2)ccc1C1=NSSN1. The highest BCUT2D eigenvalue weighted by atomic mass is 33.1. The highest BCUT2D eigenvalue weighted by molar-refractivity contribution is 8.76. The van der Waals surface area contributed by atoms with Gasteiger partial charge < -0.3 is 9.44 Å². The van der Waals surface area contributed by atoms with Crippen LogP contribution in [0.3, 0.4) is 0 Å². The second-order valence-corrected chi connectivity index (χ2v) is 6.28. The summed E-state index contributed by atoms with van der Waals surface area (Å²) in [6.45, 7) is 0. The van der Waals surface area contributed by atoms with Gasteiger partial charge in [0.25, 0.3) is 0 Å². The van der Waals surface area contributed by atoms with Gasteiger partial charge in [0.15, 0.2) is 11.7 Å². The summed E-state index contributed by atoms with van der Waals surface area (Å²) in [4.78, 5) is 0. The highest BCUT2D eigenvalue weighted by Gasteiger charge is 2.12. The highest BCUT2D eigenvalue weighted by Crippen LogP contribution is 2.28. The molecule has 1 aromatic carbocycles. The maximum Gasteiger partial charge on any atom is 0.152 e. The van der Waals surface area contributed by atoms with Gasteiger partial charge in [-0.15, -0.1) is 0 Å². The van der Waals surface area contributed by atoms with Crippen molar-refractivity contribution >= 4 is 55.6 Å². The first kappa shape index (κ1) is 10.7. The summed E-state index contributed by atoms with van der Waals surface area (Å²) in [5, 5.41) is 0. The van der Waals surface area contributed by atoms with Crippen LogP contribution in [0.2, 0.25) is 0 Å². The normalized spacial score (nSPS) is 18.8. The van der Waals surface area contributed by atoms with Crippen LogP contribution in [0.4, 0.5) is 0 Å². The van der Waals surface area contributed by atoms with E-state index in [0.717, 1.165) is 22.8 Å². The molecule has 4 nitrogen and oxygen atoms in total. The molecule has 2 aliphatic heterocycles. The molecule has 0 fully saturated rings. The van der Waals surface area contributed by atoms with Crippen LogP contribution in [0.15, 0.2) is 33.1 Å². The van der Waals surface area contributed by atoms with E-state index < -0.39 is 0 Å². The molecular weight excluding hydrogens is 280 g/mol. The fourth-order valence-electron chi connectivity index (χ4n) is 1.27. The Hall–Kier alpha value is -0.440. The molecule has 0 amide bonds. The van der Waals surface area contributed by atoms with E-state index in [0.29, 0.717) is 0 Å². The number of rotatable bonds is 2. The number of amidine groups is 2. The fourth-order valence-corrected chi connectivity index (χ4v) is 3.84. The minimum Gasteiger partial charge on any atom is -0.303 e. The monoisotopic (exact) mass is 286 g/mol. The standard InChI is InChI=1S/C8H6N4S4/c1-2-6(8-11-15-16-12-8)4-3-5(1)7-9-13-14-10-7/h1-4H,(H,9,10)(H,11,12). The Kier molecular flexibility index (Phi) is 3.22.